The Morgan fingerprint density at radius 3 is 1.23 bits per heavy atom. The molecule has 30 heavy (non-hydrogen) atoms. The van der Waals surface area contributed by atoms with E-state index in [1.165, 1.54) is 0 Å². The number of nitrogens with one attached hydrogen (secondary N) is 2. The molecule has 172 valence electrons. The van der Waals surface area contributed by atoms with Crippen LogP contribution in [-0.4, -0.2) is 43.4 Å². The van der Waals surface area contributed by atoms with Crippen LogP contribution in [0.25, 0.3) is 0 Å². The molecule has 0 aliphatic rings. The van der Waals surface area contributed by atoms with Crippen LogP contribution in [0.5, 0.6) is 0 Å². The molecular weight excluding hydrogens is 380 g/mol. The fraction of sp³-hybridized carbons (Fsp3) is 0.818. The summed E-state index contributed by atoms with van der Waals surface area (Å²) in [6.45, 7) is 21.0. The van der Waals surface area contributed by atoms with E-state index in [9.17, 15) is 0 Å². The maximum atomic E-state index is 5.11. The summed E-state index contributed by atoms with van der Waals surface area (Å²) in [5.41, 5.74) is 0.242. The van der Waals surface area contributed by atoms with E-state index in [0.717, 1.165) is 37.5 Å². The quantitative estimate of drug-likeness (QED) is 0.653. The van der Waals surface area contributed by atoms with Gasteiger partial charge in [0, 0.05) is 36.0 Å². The molecule has 0 radical (unpaired) electrons. The van der Waals surface area contributed by atoms with Gasteiger partial charge in [-0.25, -0.2) is 0 Å². The summed E-state index contributed by atoms with van der Waals surface area (Å²) in [6.07, 6.45) is 3.71. The van der Waals surface area contributed by atoms with Crippen molar-refractivity contribution in [3.8, 4) is 0 Å². The lowest BCUT2D eigenvalue weighted by Crippen LogP contribution is -2.44. The predicted octanol–water partition coefficient (Wildman–Crippen LogP) is 4.17. The largest absolute Gasteiger partial charge is 0.339 e. The van der Waals surface area contributed by atoms with Crippen LogP contribution < -0.4 is 10.6 Å². The van der Waals surface area contributed by atoms with Gasteiger partial charge in [-0.2, -0.15) is 9.97 Å². The molecular formula is C22H42N6O2. The molecule has 2 unspecified atom stereocenters. The zero-order valence-corrected chi connectivity index (χ0v) is 20.6. The predicted molar refractivity (Wildman–Crippen MR) is 119 cm³/mol. The SMILES string of the molecule is CCC(Cc1nc(C)no1)NC(C)(C)C.CCC(Cc1nc(C)no1)NC(C)(C)C. The van der Waals surface area contributed by atoms with Crippen LogP contribution in [0.3, 0.4) is 0 Å². The van der Waals surface area contributed by atoms with E-state index in [4.69, 9.17) is 9.05 Å². The zero-order valence-electron chi connectivity index (χ0n) is 20.6. The van der Waals surface area contributed by atoms with Gasteiger partial charge in [-0.1, -0.05) is 24.2 Å². The van der Waals surface area contributed by atoms with Gasteiger partial charge < -0.3 is 19.7 Å². The van der Waals surface area contributed by atoms with Gasteiger partial charge in [0.05, 0.1) is 0 Å². The third-order valence-electron chi connectivity index (χ3n) is 4.24. The summed E-state index contributed by atoms with van der Waals surface area (Å²) in [4.78, 5) is 8.42. The van der Waals surface area contributed by atoms with E-state index < -0.39 is 0 Å². The first-order chi connectivity index (χ1) is 13.8. The highest BCUT2D eigenvalue weighted by Gasteiger charge is 2.19. The second-order valence-corrected chi connectivity index (χ2v) is 9.88. The molecule has 8 nitrogen and oxygen atoms in total. The molecule has 8 heteroatoms. The van der Waals surface area contributed by atoms with Crippen molar-refractivity contribution in [2.24, 2.45) is 0 Å². The summed E-state index contributed by atoms with van der Waals surface area (Å²) in [5.74, 6) is 2.85. The first kappa shape index (κ1) is 26.2. The Balaban J connectivity index is 0.000000300. The summed E-state index contributed by atoms with van der Waals surface area (Å²) < 4.78 is 10.2. The Morgan fingerprint density at radius 2 is 1.03 bits per heavy atom. The molecule has 0 amide bonds. The minimum Gasteiger partial charge on any atom is -0.339 e. The van der Waals surface area contributed by atoms with Crippen LogP contribution >= 0.6 is 0 Å². The van der Waals surface area contributed by atoms with Crippen molar-refractivity contribution in [2.75, 3.05) is 0 Å². The molecule has 0 fully saturated rings. The fourth-order valence-electron chi connectivity index (χ4n) is 3.09. The van der Waals surface area contributed by atoms with E-state index in [0.29, 0.717) is 23.7 Å². The van der Waals surface area contributed by atoms with Crippen LogP contribution in [0, 0.1) is 13.8 Å². The number of aromatic nitrogens is 4. The summed E-state index contributed by atoms with van der Waals surface area (Å²) in [6, 6.07) is 0.787. The second-order valence-electron chi connectivity index (χ2n) is 9.88. The van der Waals surface area contributed by atoms with Crippen molar-refractivity contribution in [3.63, 3.8) is 0 Å². The third-order valence-corrected chi connectivity index (χ3v) is 4.24. The van der Waals surface area contributed by atoms with Gasteiger partial charge in [0.1, 0.15) is 0 Å². The van der Waals surface area contributed by atoms with E-state index >= 15 is 0 Å². The lowest BCUT2D eigenvalue weighted by Gasteiger charge is -2.27. The monoisotopic (exact) mass is 422 g/mol. The molecule has 2 aromatic heterocycles. The molecule has 0 bridgehead atoms. The standard InChI is InChI=1S/2C11H21N3O/c2*1-6-9(13-11(3,4)5)7-10-12-8(2)14-15-10/h2*9,13H,6-7H2,1-5H3. The first-order valence-corrected chi connectivity index (χ1v) is 10.9. The minimum absolute atomic E-state index is 0.121. The van der Waals surface area contributed by atoms with E-state index in [-0.39, 0.29) is 11.1 Å². The van der Waals surface area contributed by atoms with Crippen molar-refractivity contribution in [3.05, 3.63) is 23.4 Å². The molecule has 0 aliphatic carbocycles. The van der Waals surface area contributed by atoms with E-state index in [1.54, 1.807) is 0 Å². The fourth-order valence-corrected chi connectivity index (χ4v) is 3.09. The van der Waals surface area contributed by atoms with E-state index in [2.05, 4.69) is 86.3 Å². The van der Waals surface area contributed by atoms with Crippen LogP contribution in [-0.2, 0) is 12.8 Å². The summed E-state index contributed by atoms with van der Waals surface area (Å²) in [7, 11) is 0. The average molecular weight is 423 g/mol. The number of rotatable bonds is 8. The molecule has 0 aliphatic heterocycles. The highest BCUT2D eigenvalue weighted by atomic mass is 16.5. The Morgan fingerprint density at radius 1 is 0.700 bits per heavy atom. The molecule has 2 aromatic rings. The van der Waals surface area contributed by atoms with Crippen molar-refractivity contribution in [1.29, 1.82) is 0 Å². The zero-order chi connectivity index (χ0) is 22.9. The maximum absolute atomic E-state index is 5.11. The molecule has 0 aromatic carbocycles. The van der Waals surface area contributed by atoms with Gasteiger partial charge >= 0.3 is 0 Å². The maximum Gasteiger partial charge on any atom is 0.228 e. The number of nitrogens with zero attached hydrogens (tertiary/aromatic N) is 4. The van der Waals surface area contributed by atoms with Gasteiger partial charge in [-0.3, -0.25) is 0 Å². The molecule has 2 rings (SSSR count). The Labute approximate surface area is 182 Å². The van der Waals surface area contributed by atoms with Crippen molar-refractivity contribution < 1.29 is 9.05 Å². The molecule has 0 saturated carbocycles. The lowest BCUT2D eigenvalue weighted by molar-refractivity contribution is 0.311. The van der Waals surface area contributed by atoms with Crippen molar-refractivity contribution in [2.45, 2.75) is 118 Å². The highest BCUT2D eigenvalue weighted by Crippen LogP contribution is 2.10. The molecule has 2 heterocycles. The van der Waals surface area contributed by atoms with Crippen LogP contribution in [0.15, 0.2) is 9.05 Å². The normalized spacial score (nSPS) is 14.2. The smallest absolute Gasteiger partial charge is 0.228 e. The van der Waals surface area contributed by atoms with Gasteiger partial charge in [-0.15, -0.1) is 0 Å². The number of hydrogen-bond acceptors (Lipinski definition) is 8. The van der Waals surface area contributed by atoms with Crippen LogP contribution in [0.4, 0.5) is 0 Å². The summed E-state index contributed by atoms with van der Waals surface area (Å²) >= 11 is 0. The van der Waals surface area contributed by atoms with Gasteiger partial charge in [-0.05, 0) is 68.2 Å². The summed E-state index contributed by atoms with van der Waals surface area (Å²) in [5, 5.41) is 14.6. The lowest BCUT2D eigenvalue weighted by atomic mass is 10.0. The van der Waals surface area contributed by atoms with Gasteiger partial charge in [0.15, 0.2) is 11.6 Å². The Bertz CT molecular complexity index is 664. The molecule has 0 saturated heterocycles. The van der Waals surface area contributed by atoms with Gasteiger partial charge in [0.2, 0.25) is 11.8 Å². The topological polar surface area (TPSA) is 102 Å². The van der Waals surface area contributed by atoms with Crippen LogP contribution in [0.2, 0.25) is 0 Å². The van der Waals surface area contributed by atoms with Gasteiger partial charge in [0.25, 0.3) is 0 Å². The molecule has 2 atom stereocenters. The third kappa shape index (κ3) is 11.4. The average Bonchev–Trinajstić information content (AvgIpc) is 3.19. The van der Waals surface area contributed by atoms with E-state index in [1.807, 2.05) is 13.8 Å². The van der Waals surface area contributed by atoms with Crippen LogP contribution in [0.1, 0.15) is 91.7 Å². The first-order valence-electron chi connectivity index (χ1n) is 10.9. The Kier molecular flexibility index (Phi) is 10.1. The minimum atomic E-state index is 0.121. The van der Waals surface area contributed by atoms with Crippen molar-refractivity contribution in [1.82, 2.24) is 30.9 Å². The number of hydrogen-bond donors (Lipinski definition) is 2. The highest BCUT2D eigenvalue weighted by molar-refractivity contribution is 4.90. The second kappa shape index (κ2) is 11.6. The van der Waals surface area contributed by atoms with Crippen molar-refractivity contribution >= 4 is 0 Å². The molecule has 2 N–H and O–H groups in total. The number of aryl methyl sites for hydroxylation is 2. The Hall–Kier alpha value is -1.80. The molecule has 0 spiro atoms.